The lowest BCUT2D eigenvalue weighted by Crippen LogP contribution is -2.06. The average molecular weight is 273 g/mol. The van der Waals surface area contributed by atoms with Gasteiger partial charge < -0.3 is 9.73 Å². The summed E-state index contributed by atoms with van der Waals surface area (Å²) >= 11 is 1.68. The van der Waals surface area contributed by atoms with Crippen LogP contribution in [0.5, 0.6) is 0 Å². The highest BCUT2D eigenvalue weighted by Crippen LogP contribution is 2.27. The number of thiazole rings is 1. The zero-order valence-electron chi connectivity index (χ0n) is 11.1. The number of aromatic nitrogens is 2. The molecule has 1 N–H and O–H groups in total. The molecule has 0 aliphatic carbocycles. The number of benzene rings is 1. The van der Waals surface area contributed by atoms with E-state index in [2.05, 4.69) is 22.2 Å². The highest BCUT2D eigenvalue weighted by atomic mass is 32.1. The van der Waals surface area contributed by atoms with Crippen LogP contribution in [0.3, 0.4) is 0 Å². The molecule has 1 unspecified atom stereocenters. The van der Waals surface area contributed by atoms with Gasteiger partial charge in [-0.3, -0.25) is 0 Å². The molecule has 1 aromatic carbocycles. The van der Waals surface area contributed by atoms with Crippen molar-refractivity contribution in [3.05, 3.63) is 40.2 Å². The summed E-state index contributed by atoms with van der Waals surface area (Å²) in [7, 11) is 0. The van der Waals surface area contributed by atoms with E-state index in [0.717, 1.165) is 22.5 Å². The van der Waals surface area contributed by atoms with Gasteiger partial charge in [0, 0.05) is 17.5 Å². The van der Waals surface area contributed by atoms with Crippen molar-refractivity contribution in [3.63, 3.8) is 0 Å². The molecule has 3 aromatic rings. The van der Waals surface area contributed by atoms with Crippen molar-refractivity contribution < 1.29 is 4.42 Å². The first kappa shape index (κ1) is 12.2. The number of fused-ring (bicyclic) bond motifs is 1. The molecule has 0 saturated heterocycles. The second-order valence-corrected chi connectivity index (χ2v) is 5.47. The van der Waals surface area contributed by atoms with Gasteiger partial charge in [-0.2, -0.15) is 0 Å². The molecule has 2 aromatic heterocycles. The van der Waals surface area contributed by atoms with E-state index in [1.807, 2.05) is 37.6 Å². The van der Waals surface area contributed by atoms with Crippen molar-refractivity contribution in [1.82, 2.24) is 9.97 Å². The Bertz CT molecular complexity index is 716. The van der Waals surface area contributed by atoms with E-state index in [4.69, 9.17) is 4.42 Å². The number of hydrogen-bond acceptors (Lipinski definition) is 5. The molecule has 0 radical (unpaired) electrons. The summed E-state index contributed by atoms with van der Waals surface area (Å²) in [5, 5.41) is 3.48. The molecule has 0 spiro atoms. The van der Waals surface area contributed by atoms with Crippen LogP contribution in [-0.2, 0) is 0 Å². The lowest BCUT2D eigenvalue weighted by atomic mass is 10.2. The number of aryl methyl sites for hydroxylation is 2. The van der Waals surface area contributed by atoms with Gasteiger partial charge in [0.2, 0.25) is 0 Å². The van der Waals surface area contributed by atoms with Crippen LogP contribution in [0, 0.1) is 13.8 Å². The third-order valence-corrected chi connectivity index (χ3v) is 4.17. The van der Waals surface area contributed by atoms with Crippen molar-refractivity contribution in [2.75, 3.05) is 5.32 Å². The minimum Gasteiger partial charge on any atom is -0.441 e. The van der Waals surface area contributed by atoms with Crippen LogP contribution in [0.1, 0.15) is 29.4 Å². The minimum atomic E-state index is 0.234. The Morgan fingerprint density at radius 1 is 1.32 bits per heavy atom. The molecule has 0 aliphatic rings. The lowest BCUT2D eigenvalue weighted by Gasteiger charge is -2.14. The van der Waals surface area contributed by atoms with Gasteiger partial charge in [0.05, 0.1) is 17.2 Å². The monoisotopic (exact) mass is 273 g/mol. The third-order valence-electron chi connectivity index (χ3n) is 3.05. The van der Waals surface area contributed by atoms with Crippen LogP contribution >= 0.6 is 11.3 Å². The zero-order chi connectivity index (χ0) is 13.4. The van der Waals surface area contributed by atoms with Crippen LogP contribution in [0.15, 0.2) is 28.1 Å². The second kappa shape index (κ2) is 4.66. The summed E-state index contributed by atoms with van der Waals surface area (Å²) in [6.45, 7) is 6.03. The summed E-state index contributed by atoms with van der Waals surface area (Å²) in [5.41, 5.74) is 5.72. The van der Waals surface area contributed by atoms with Crippen molar-refractivity contribution in [2.45, 2.75) is 26.8 Å². The van der Waals surface area contributed by atoms with Gasteiger partial charge in [-0.15, -0.1) is 11.3 Å². The number of hydrogen-bond donors (Lipinski definition) is 1. The summed E-state index contributed by atoms with van der Waals surface area (Å²) in [6.07, 6.45) is 0. The Hall–Kier alpha value is -1.88. The van der Waals surface area contributed by atoms with E-state index in [1.54, 1.807) is 11.3 Å². The molecule has 0 aliphatic heterocycles. The summed E-state index contributed by atoms with van der Waals surface area (Å²) < 4.78 is 5.47. The number of rotatable bonds is 3. The smallest absolute Gasteiger partial charge is 0.192 e. The molecule has 0 saturated carbocycles. The molecule has 5 heteroatoms. The van der Waals surface area contributed by atoms with Gasteiger partial charge in [-0.1, -0.05) is 0 Å². The number of oxazole rings is 1. The van der Waals surface area contributed by atoms with Crippen LogP contribution in [0.25, 0.3) is 11.1 Å². The Kier molecular flexibility index (Phi) is 2.98. The fraction of sp³-hybridized carbons (Fsp3) is 0.286. The Balaban J connectivity index is 1.86. The van der Waals surface area contributed by atoms with E-state index < -0.39 is 0 Å². The van der Waals surface area contributed by atoms with Gasteiger partial charge in [0.25, 0.3) is 0 Å². The van der Waals surface area contributed by atoms with Gasteiger partial charge in [-0.05, 0) is 32.0 Å². The van der Waals surface area contributed by atoms with Crippen LogP contribution < -0.4 is 5.32 Å². The number of anilines is 1. The van der Waals surface area contributed by atoms with E-state index >= 15 is 0 Å². The molecule has 19 heavy (non-hydrogen) atoms. The molecular weight excluding hydrogens is 258 g/mol. The van der Waals surface area contributed by atoms with Crippen molar-refractivity contribution in [2.24, 2.45) is 0 Å². The maximum absolute atomic E-state index is 5.47. The molecule has 3 rings (SSSR count). The molecule has 2 heterocycles. The van der Waals surface area contributed by atoms with Crippen LogP contribution in [0.4, 0.5) is 5.69 Å². The van der Waals surface area contributed by atoms with E-state index in [9.17, 15) is 0 Å². The van der Waals surface area contributed by atoms with Gasteiger partial charge in [0.1, 0.15) is 5.52 Å². The van der Waals surface area contributed by atoms with E-state index in [1.165, 1.54) is 4.88 Å². The maximum atomic E-state index is 5.47. The van der Waals surface area contributed by atoms with Crippen molar-refractivity contribution in [1.29, 1.82) is 0 Å². The summed E-state index contributed by atoms with van der Waals surface area (Å²) in [4.78, 5) is 9.89. The first-order valence-corrected chi connectivity index (χ1v) is 7.05. The van der Waals surface area contributed by atoms with Crippen LogP contribution in [0.2, 0.25) is 0 Å². The topological polar surface area (TPSA) is 51.0 Å². The largest absolute Gasteiger partial charge is 0.441 e. The molecule has 98 valence electrons. The molecule has 0 fully saturated rings. The summed E-state index contributed by atoms with van der Waals surface area (Å²) in [5.74, 6) is 0.693. The Labute approximate surface area is 115 Å². The number of nitrogens with zero attached hydrogens (tertiary/aromatic N) is 2. The third kappa shape index (κ3) is 2.33. The standard InChI is InChI=1S/C14H15N3OS/c1-8-14(19-7-15-8)9(2)16-11-4-5-13-12(6-11)17-10(3)18-13/h4-7,9,16H,1-3H3. The fourth-order valence-corrected chi connectivity index (χ4v) is 2.99. The first-order valence-electron chi connectivity index (χ1n) is 6.17. The first-order chi connectivity index (χ1) is 9.13. The minimum absolute atomic E-state index is 0.234. The Morgan fingerprint density at radius 2 is 2.16 bits per heavy atom. The van der Waals surface area contributed by atoms with E-state index in [-0.39, 0.29) is 6.04 Å². The highest BCUT2D eigenvalue weighted by Gasteiger charge is 2.11. The molecule has 1 atom stereocenters. The predicted molar refractivity (Wildman–Crippen MR) is 77.6 cm³/mol. The molecule has 4 nitrogen and oxygen atoms in total. The van der Waals surface area contributed by atoms with Crippen molar-refractivity contribution in [3.8, 4) is 0 Å². The highest BCUT2D eigenvalue weighted by molar-refractivity contribution is 7.09. The Morgan fingerprint density at radius 3 is 2.89 bits per heavy atom. The van der Waals surface area contributed by atoms with Crippen LogP contribution in [-0.4, -0.2) is 9.97 Å². The quantitative estimate of drug-likeness (QED) is 0.781. The van der Waals surface area contributed by atoms with Gasteiger partial charge >= 0.3 is 0 Å². The van der Waals surface area contributed by atoms with Gasteiger partial charge in [0.15, 0.2) is 11.5 Å². The lowest BCUT2D eigenvalue weighted by molar-refractivity contribution is 0.561. The average Bonchev–Trinajstić information content (AvgIpc) is 2.93. The van der Waals surface area contributed by atoms with Gasteiger partial charge in [-0.25, -0.2) is 9.97 Å². The zero-order valence-corrected chi connectivity index (χ0v) is 11.9. The normalized spacial score (nSPS) is 12.8. The maximum Gasteiger partial charge on any atom is 0.192 e. The van der Waals surface area contributed by atoms with Crippen molar-refractivity contribution >= 4 is 28.1 Å². The fourth-order valence-electron chi connectivity index (χ4n) is 2.17. The molecular formula is C14H15N3OS. The molecule has 0 amide bonds. The summed E-state index contributed by atoms with van der Waals surface area (Å²) in [6, 6.07) is 6.21. The second-order valence-electron chi connectivity index (χ2n) is 4.58. The SMILES string of the molecule is Cc1nc2cc(NC(C)c3scnc3C)ccc2o1. The van der Waals surface area contributed by atoms with E-state index in [0.29, 0.717) is 5.89 Å². The predicted octanol–water partition coefficient (Wildman–Crippen LogP) is 4.07. The number of nitrogens with one attached hydrogen (secondary N) is 1. The molecule has 0 bridgehead atoms.